The smallest absolute Gasteiger partial charge is 0.262 e. The van der Waals surface area contributed by atoms with Crippen LogP contribution in [0.3, 0.4) is 0 Å². The second-order valence-electron chi connectivity index (χ2n) is 6.04. The van der Waals surface area contributed by atoms with E-state index in [1.807, 2.05) is 41.3 Å². The van der Waals surface area contributed by atoms with Crippen molar-refractivity contribution in [2.45, 2.75) is 19.3 Å². The van der Waals surface area contributed by atoms with Crippen LogP contribution in [0.2, 0.25) is 0 Å². The van der Waals surface area contributed by atoms with Crippen LogP contribution in [0.1, 0.15) is 35.2 Å². The third-order valence-electron chi connectivity index (χ3n) is 4.59. The summed E-state index contributed by atoms with van der Waals surface area (Å²) in [5, 5.41) is 0. The van der Waals surface area contributed by atoms with Gasteiger partial charge in [-0.2, -0.15) is 0 Å². The molecule has 1 atom stereocenters. The molecule has 4 rings (SSSR count). The van der Waals surface area contributed by atoms with Crippen LogP contribution in [0.15, 0.2) is 42.5 Å². The second kappa shape index (κ2) is 5.61. The number of benzene rings is 2. The quantitative estimate of drug-likeness (QED) is 0.808. The first-order valence-electron chi connectivity index (χ1n) is 8.05. The van der Waals surface area contributed by atoms with E-state index in [0.29, 0.717) is 36.2 Å². The average molecular weight is 309 g/mol. The Morgan fingerprint density at radius 1 is 1.09 bits per heavy atom. The molecule has 0 spiro atoms. The van der Waals surface area contributed by atoms with Gasteiger partial charge in [0.25, 0.3) is 5.91 Å². The molecule has 2 aliphatic rings. The van der Waals surface area contributed by atoms with E-state index >= 15 is 0 Å². The number of carbonyl (C=O) groups is 1. The normalized spacial score (nSPS) is 19.2. The zero-order valence-corrected chi connectivity index (χ0v) is 13.1. The van der Waals surface area contributed by atoms with E-state index in [4.69, 9.17) is 9.47 Å². The summed E-state index contributed by atoms with van der Waals surface area (Å²) in [5.74, 6) is 1.67. The number of para-hydroxylation sites is 2. The van der Waals surface area contributed by atoms with Gasteiger partial charge in [-0.1, -0.05) is 31.2 Å². The van der Waals surface area contributed by atoms with Gasteiger partial charge < -0.3 is 14.4 Å². The molecule has 0 fully saturated rings. The molecule has 2 heterocycles. The first-order chi connectivity index (χ1) is 11.3. The van der Waals surface area contributed by atoms with Gasteiger partial charge in [0, 0.05) is 12.2 Å². The molecule has 4 nitrogen and oxygen atoms in total. The molecular weight excluding hydrogens is 290 g/mol. The number of hydrogen-bond donors (Lipinski definition) is 0. The van der Waals surface area contributed by atoms with E-state index in [1.54, 1.807) is 0 Å². The number of amides is 1. The molecule has 0 saturated heterocycles. The molecule has 2 aliphatic heterocycles. The van der Waals surface area contributed by atoms with Crippen molar-refractivity contribution in [2.24, 2.45) is 0 Å². The van der Waals surface area contributed by atoms with E-state index in [1.165, 1.54) is 5.56 Å². The summed E-state index contributed by atoms with van der Waals surface area (Å²) in [7, 11) is 0. The third kappa shape index (κ3) is 2.34. The van der Waals surface area contributed by atoms with Crippen LogP contribution in [0.5, 0.6) is 11.5 Å². The van der Waals surface area contributed by atoms with Crippen LogP contribution in [-0.2, 0) is 0 Å². The Morgan fingerprint density at radius 3 is 2.83 bits per heavy atom. The van der Waals surface area contributed by atoms with Crippen molar-refractivity contribution < 1.29 is 14.3 Å². The van der Waals surface area contributed by atoms with Gasteiger partial charge in [-0.3, -0.25) is 4.79 Å². The topological polar surface area (TPSA) is 38.8 Å². The monoisotopic (exact) mass is 309 g/mol. The number of anilines is 1. The highest BCUT2D eigenvalue weighted by atomic mass is 16.6. The maximum Gasteiger partial charge on any atom is 0.262 e. The number of ether oxygens (including phenoxy) is 2. The highest BCUT2D eigenvalue weighted by Crippen LogP contribution is 2.38. The van der Waals surface area contributed by atoms with Crippen LogP contribution < -0.4 is 14.4 Å². The van der Waals surface area contributed by atoms with Gasteiger partial charge in [0.15, 0.2) is 11.5 Å². The fraction of sp³-hybridized carbons (Fsp3) is 0.316. The molecule has 2 aromatic carbocycles. The summed E-state index contributed by atoms with van der Waals surface area (Å²) in [6.07, 6.45) is 0.967. The lowest BCUT2D eigenvalue weighted by atomic mass is 9.91. The number of hydrogen-bond acceptors (Lipinski definition) is 3. The molecule has 2 aromatic rings. The molecule has 118 valence electrons. The minimum absolute atomic E-state index is 0.0216. The maximum atomic E-state index is 13.1. The Morgan fingerprint density at radius 2 is 1.91 bits per heavy atom. The molecule has 0 bridgehead atoms. The van der Waals surface area contributed by atoms with E-state index in [-0.39, 0.29) is 5.91 Å². The molecule has 1 amide bonds. The van der Waals surface area contributed by atoms with Gasteiger partial charge in [-0.25, -0.2) is 0 Å². The van der Waals surface area contributed by atoms with Crippen LogP contribution in [0, 0.1) is 0 Å². The highest BCUT2D eigenvalue weighted by molar-refractivity contribution is 6.09. The molecule has 4 heteroatoms. The summed E-state index contributed by atoms with van der Waals surface area (Å²) in [4.78, 5) is 15.0. The lowest BCUT2D eigenvalue weighted by molar-refractivity contribution is 0.0973. The minimum Gasteiger partial charge on any atom is -0.486 e. The molecule has 0 aliphatic carbocycles. The number of fused-ring (bicyclic) bond motifs is 2. The zero-order valence-electron chi connectivity index (χ0n) is 13.1. The Balaban J connectivity index is 1.75. The van der Waals surface area contributed by atoms with E-state index in [0.717, 1.165) is 18.7 Å². The first kappa shape index (κ1) is 14.1. The lowest BCUT2D eigenvalue weighted by Crippen LogP contribution is -2.36. The van der Waals surface area contributed by atoms with Crippen LogP contribution in [0.4, 0.5) is 5.69 Å². The van der Waals surface area contributed by atoms with Crippen molar-refractivity contribution in [3.05, 3.63) is 53.6 Å². The van der Waals surface area contributed by atoms with Crippen molar-refractivity contribution in [3.8, 4) is 11.5 Å². The number of carbonyl (C=O) groups excluding carboxylic acids is 1. The van der Waals surface area contributed by atoms with Crippen molar-refractivity contribution in [1.82, 2.24) is 0 Å². The molecule has 0 aromatic heterocycles. The number of nitrogens with zero attached hydrogens (tertiary/aromatic N) is 1. The zero-order chi connectivity index (χ0) is 15.8. The predicted octanol–water partition coefficient (Wildman–Crippen LogP) is 3.61. The average Bonchev–Trinajstić information content (AvgIpc) is 2.61. The third-order valence-corrected chi connectivity index (χ3v) is 4.59. The Bertz CT molecular complexity index is 756. The molecule has 0 N–H and O–H groups in total. The van der Waals surface area contributed by atoms with Gasteiger partial charge in [0.1, 0.15) is 13.2 Å². The fourth-order valence-corrected chi connectivity index (χ4v) is 3.35. The van der Waals surface area contributed by atoms with Gasteiger partial charge in [-0.05, 0) is 36.1 Å². The Hall–Kier alpha value is -2.49. The molecule has 0 radical (unpaired) electrons. The van der Waals surface area contributed by atoms with Gasteiger partial charge >= 0.3 is 0 Å². The Kier molecular flexibility index (Phi) is 3.45. The predicted molar refractivity (Wildman–Crippen MR) is 88.6 cm³/mol. The molecule has 0 unspecified atom stereocenters. The Labute approximate surface area is 135 Å². The summed E-state index contributed by atoms with van der Waals surface area (Å²) in [6, 6.07) is 13.7. The van der Waals surface area contributed by atoms with Gasteiger partial charge in [-0.15, -0.1) is 0 Å². The summed E-state index contributed by atoms with van der Waals surface area (Å²) in [6.45, 7) is 3.93. The van der Waals surface area contributed by atoms with Gasteiger partial charge in [0.05, 0.1) is 5.56 Å². The molecule has 23 heavy (non-hydrogen) atoms. The van der Waals surface area contributed by atoms with Crippen LogP contribution in [0.25, 0.3) is 0 Å². The maximum absolute atomic E-state index is 13.1. The van der Waals surface area contributed by atoms with Crippen molar-refractivity contribution >= 4 is 11.6 Å². The SMILES string of the molecule is C[C@@H]1CCN(C(=O)c2cccc3c2OCCO3)c2ccccc21. The van der Waals surface area contributed by atoms with E-state index in [9.17, 15) is 4.79 Å². The first-order valence-corrected chi connectivity index (χ1v) is 8.05. The summed E-state index contributed by atoms with van der Waals surface area (Å²) < 4.78 is 11.3. The van der Waals surface area contributed by atoms with E-state index < -0.39 is 0 Å². The van der Waals surface area contributed by atoms with Crippen molar-refractivity contribution in [2.75, 3.05) is 24.7 Å². The molecule has 0 saturated carbocycles. The van der Waals surface area contributed by atoms with Crippen LogP contribution >= 0.6 is 0 Å². The van der Waals surface area contributed by atoms with Gasteiger partial charge in [0.2, 0.25) is 0 Å². The molecular formula is C19H19NO3. The summed E-state index contributed by atoms with van der Waals surface area (Å²) in [5.41, 5.74) is 2.81. The van der Waals surface area contributed by atoms with Crippen molar-refractivity contribution in [1.29, 1.82) is 0 Å². The summed E-state index contributed by atoms with van der Waals surface area (Å²) >= 11 is 0. The second-order valence-corrected chi connectivity index (χ2v) is 6.04. The van der Waals surface area contributed by atoms with Crippen LogP contribution in [-0.4, -0.2) is 25.7 Å². The lowest BCUT2D eigenvalue weighted by Gasteiger charge is -2.33. The van der Waals surface area contributed by atoms with Crippen molar-refractivity contribution in [3.63, 3.8) is 0 Å². The fourth-order valence-electron chi connectivity index (χ4n) is 3.35. The largest absolute Gasteiger partial charge is 0.486 e. The van der Waals surface area contributed by atoms with E-state index in [2.05, 4.69) is 13.0 Å². The highest BCUT2D eigenvalue weighted by Gasteiger charge is 2.30. The minimum atomic E-state index is -0.0216. The standard InChI is InChI=1S/C19H19NO3/c1-13-9-10-20(16-7-3-2-5-14(13)16)19(21)15-6-4-8-17-18(15)23-12-11-22-17/h2-8,13H,9-12H2,1H3/t13-/m1/s1. The number of rotatable bonds is 1.